The lowest BCUT2D eigenvalue weighted by atomic mass is 10.0. The van der Waals surface area contributed by atoms with Crippen molar-refractivity contribution in [2.45, 2.75) is 31.2 Å². The molecule has 1 aromatic carbocycles. The van der Waals surface area contributed by atoms with E-state index >= 15 is 0 Å². The number of amides is 1. The van der Waals surface area contributed by atoms with Gasteiger partial charge in [-0.15, -0.1) is 0 Å². The smallest absolute Gasteiger partial charge is 0.287 e. The molecule has 0 saturated heterocycles. The lowest BCUT2D eigenvalue weighted by Gasteiger charge is -2.19. The summed E-state index contributed by atoms with van der Waals surface area (Å²) in [5.74, 6) is 2.03. The molecule has 1 aliphatic carbocycles. The van der Waals surface area contributed by atoms with Gasteiger partial charge in [-0.25, -0.2) is 15.0 Å². The number of imidazole rings is 1. The Balaban J connectivity index is 1.52. The van der Waals surface area contributed by atoms with Crippen LogP contribution < -0.4 is 10.6 Å². The number of nitrogens with zero attached hydrogens (tertiary/aromatic N) is 3. The summed E-state index contributed by atoms with van der Waals surface area (Å²) in [5.41, 5.74) is 2.98. The van der Waals surface area contributed by atoms with Crippen molar-refractivity contribution in [2.24, 2.45) is 0 Å². The lowest BCUT2D eigenvalue weighted by molar-refractivity contribution is 0.0926. The van der Waals surface area contributed by atoms with Crippen molar-refractivity contribution in [1.29, 1.82) is 0 Å². The molecule has 30 heavy (non-hydrogen) atoms. The zero-order valence-electron chi connectivity index (χ0n) is 16.6. The summed E-state index contributed by atoms with van der Waals surface area (Å²) in [5, 5.41) is 7.38. The molecule has 0 radical (unpaired) electrons. The van der Waals surface area contributed by atoms with Gasteiger partial charge in [0.15, 0.2) is 5.82 Å². The summed E-state index contributed by atoms with van der Waals surface area (Å²) in [6, 6.07) is 9.74. The molecule has 3 heterocycles. The molecule has 1 aliphatic rings. The monoisotopic (exact) mass is 401 g/mol. The highest BCUT2D eigenvalue weighted by Crippen LogP contribution is 2.39. The first-order chi connectivity index (χ1) is 14.7. The highest BCUT2D eigenvalue weighted by Gasteiger charge is 2.29. The van der Waals surface area contributed by atoms with E-state index < -0.39 is 0 Å². The minimum absolute atomic E-state index is 0.262. The van der Waals surface area contributed by atoms with Crippen LogP contribution in [0.1, 0.15) is 52.5 Å². The first-order valence-electron chi connectivity index (χ1n) is 10.1. The molecular formula is C22H23N7O. The molecular weight excluding hydrogens is 378 g/mol. The van der Waals surface area contributed by atoms with Gasteiger partial charge in [-0.05, 0) is 24.5 Å². The van der Waals surface area contributed by atoms with E-state index in [1.165, 1.54) is 0 Å². The first kappa shape index (κ1) is 18.4. The van der Waals surface area contributed by atoms with Crippen LogP contribution in [0, 0.1) is 0 Å². The van der Waals surface area contributed by atoms with E-state index in [-0.39, 0.29) is 17.8 Å². The molecule has 3 aromatic heterocycles. The van der Waals surface area contributed by atoms with Gasteiger partial charge in [-0.1, -0.05) is 18.2 Å². The summed E-state index contributed by atoms with van der Waals surface area (Å²) in [7, 11) is 1.85. The standard InChI is InChI=1S/C22H23N7O/c1-23-19-11-18(27-20(29-19)13-6-7-13)17(28-22(30)21-24-8-9-25-21)10-14-12-26-16-5-3-2-4-15(14)16/h2-5,8-9,11-13,17,26H,6-7,10H2,1H3,(H,24,25)(H,28,30)(H,23,27,29). The molecule has 8 nitrogen and oxygen atoms in total. The van der Waals surface area contributed by atoms with Crippen LogP contribution in [0.4, 0.5) is 5.82 Å². The van der Waals surface area contributed by atoms with Crippen LogP contribution in [0.15, 0.2) is 48.9 Å². The number of carbonyl (C=O) groups is 1. The fraction of sp³-hybridized carbons (Fsp3) is 0.273. The van der Waals surface area contributed by atoms with Gasteiger partial charge in [0.25, 0.3) is 5.91 Å². The van der Waals surface area contributed by atoms with E-state index in [0.29, 0.717) is 12.3 Å². The molecule has 8 heteroatoms. The van der Waals surface area contributed by atoms with E-state index in [0.717, 1.165) is 46.6 Å². The molecule has 4 N–H and O–H groups in total. The van der Waals surface area contributed by atoms with E-state index in [4.69, 9.17) is 4.98 Å². The van der Waals surface area contributed by atoms with Crippen LogP contribution in [0.5, 0.6) is 0 Å². The van der Waals surface area contributed by atoms with Crippen molar-refractivity contribution in [3.05, 3.63) is 71.8 Å². The number of hydrogen-bond acceptors (Lipinski definition) is 5. The third kappa shape index (κ3) is 3.63. The predicted molar refractivity (Wildman–Crippen MR) is 114 cm³/mol. The van der Waals surface area contributed by atoms with Gasteiger partial charge in [0.2, 0.25) is 0 Å². The van der Waals surface area contributed by atoms with Gasteiger partial charge in [0.05, 0.1) is 11.7 Å². The molecule has 1 unspecified atom stereocenters. The van der Waals surface area contributed by atoms with Gasteiger partial charge in [-0.2, -0.15) is 0 Å². The Bertz CT molecular complexity index is 1180. The van der Waals surface area contributed by atoms with Gasteiger partial charge < -0.3 is 20.6 Å². The minimum atomic E-state index is -0.325. The van der Waals surface area contributed by atoms with Crippen molar-refractivity contribution >= 4 is 22.6 Å². The van der Waals surface area contributed by atoms with Crippen LogP contribution >= 0.6 is 0 Å². The molecule has 1 saturated carbocycles. The second-order valence-electron chi connectivity index (χ2n) is 7.59. The van der Waals surface area contributed by atoms with Crippen LogP contribution in [-0.4, -0.2) is 37.9 Å². The average Bonchev–Trinajstić information content (AvgIpc) is 3.33. The van der Waals surface area contributed by atoms with Gasteiger partial charge >= 0.3 is 0 Å². The Labute approximate surface area is 173 Å². The highest BCUT2D eigenvalue weighted by molar-refractivity contribution is 5.90. The number of aromatic nitrogens is 5. The first-order valence-corrected chi connectivity index (χ1v) is 10.1. The second-order valence-corrected chi connectivity index (χ2v) is 7.59. The van der Waals surface area contributed by atoms with E-state index in [2.05, 4.69) is 36.6 Å². The molecule has 5 rings (SSSR count). The third-order valence-corrected chi connectivity index (χ3v) is 5.44. The molecule has 1 atom stereocenters. The van der Waals surface area contributed by atoms with Gasteiger partial charge in [-0.3, -0.25) is 4.79 Å². The summed E-state index contributed by atoms with van der Waals surface area (Å²) >= 11 is 0. The number of aromatic amines is 2. The fourth-order valence-electron chi connectivity index (χ4n) is 3.68. The molecule has 0 spiro atoms. The number of fused-ring (bicyclic) bond motifs is 1. The Morgan fingerprint density at radius 1 is 1.23 bits per heavy atom. The van der Waals surface area contributed by atoms with E-state index in [1.54, 1.807) is 12.4 Å². The number of carbonyl (C=O) groups excluding carboxylic acids is 1. The quantitative estimate of drug-likeness (QED) is 0.380. The van der Waals surface area contributed by atoms with Crippen LogP contribution in [0.25, 0.3) is 10.9 Å². The van der Waals surface area contributed by atoms with Crippen molar-refractivity contribution in [1.82, 2.24) is 30.2 Å². The number of hydrogen-bond donors (Lipinski definition) is 4. The van der Waals surface area contributed by atoms with Crippen LogP contribution in [0.2, 0.25) is 0 Å². The number of rotatable bonds is 7. The SMILES string of the molecule is CNc1cc(C(Cc2c[nH]c3ccccc23)NC(=O)c2ncc[nH]2)nc(C2CC2)n1. The Kier molecular flexibility index (Phi) is 4.66. The molecule has 1 amide bonds. The van der Waals surface area contributed by atoms with Crippen LogP contribution in [-0.2, 0) is 6.42 Å². The van der Waals surface area contributed by atoms with Crippen molar-refractivity contribution in [3.63, 3.8) is 0 Å². The van der Waals surface area contributed by atoms with Crippen molar-refractivity contribution in [2.75, 3.05) is 12.4 Å². The largest absolute Gasteiger partial charge is 0.373 e. The number of anilines is 1. The lowest BCUT2D eigenvalue weighted by Crippen LogP contribution is -2.31. The zero-order valence-corrected chi connectivity index (χ0v) is 16.6. The number of H-pyrrole nitrogens is 2. The third-order valence-electron chi connectivity index (χ3n) is 5.44. The molecule has 4 aromatic rings. The highest BCUT2D eigenvalue weighted by atomic mass is 16.2. The van der Waals surface area contributed by atoms with Gasteiger partial charge in [0, 0.05) is 54.9 Å². The zero-order chi connectivity index (χ0) is 20.5. The summed E-state index contributed by atoms with van der Waals surface area (Å²) < 4.78 is 0. The molecule has 0 bridgehead atoms. The maximum Gasteiger partial charge on any atom is 0.287 e. The predicted octanol–water partition coefficient (Wildman–Crippen LogP) is 3.31. The Hall–Kier alpha value is -3.68. The summed E-state index contributed by atoms with van der Waals surface area (Å²) in [6.07, 6.45) is 8.02. The average molecular weight is 401 g/mol. The molecule has 0 aliphatic heterocycles. The topological polar surface area (TPSA) is 111 Å². The summed E-state index contributed by atoms with van der Waals surface area (Å²) in [6.45, 7) is 0. The normalized spacial score (nSPS) is 14.6. The van der Waals surface area contributed by atoms with Gasteiger partial charge in [0.1, 0.15) is 11.6 Å². The molecule has 1 fully saturated rings. The second kappa shape index (κ2) is 7.62. The van der Waals surface area contributed by atoms with Crippen molar-refractivity contribution < 1.29 is 4.79 Å². The number of benzene rings is 1. The fourth-order valence-corrected chi connectivity index (χ4v) is 3.68. The maximum absolute atomic E-state index is 12.8. The van der Waals surface area contributed by atoms with E-state index in [1.807, 2.05) is 37.5 Å². The Morgan fingerprint density at radius 2 is 2.10 bits per heavy atom. The number of para-hydroxylation sites is 1. The van der Waals surface area contributed by atoms with E-state index in [9.17, 15) is 4.79 Å². The Morgan fingerprint density at radius 3 is 2.87 bits per heavy atom. The van der Waals surface area contributed by atoms with Crippen molar-refractivity contribution in [3.8, 4) is 0 Å². The molecule has 152 valence electrons. The minimum Gasteiger partial charge on any atom is -0.373 e. The number of nitrogens with one attached hydrogen (secondary N) is 4. The maximum atomic E-state index is 12.8. The summed E-state index contributed by atoms with van der Waals surface area (Å²) in [4.78, 5) is 32.5. The van der Waals surface area contributed by atoms with Crippen LogP contribution in [0.3, 0.4) is 0 Å².